The second-order valence-corrected chi connectivity index (χ2v) is 6.01. The van der Waals surface area contributed by atoms with E-state index in [1.807, 2.05) is 0 Å². The minimum Gasteiger partial charge on any atom is -0.384 e. The first-order valence-electron chi connectivity index (χ1n) is 5.22. The molecule has 2 aromatic heterocycles. The molecule has 9 heteroatoms. The Bertz CT molecular complexity index is 777. The minimum absolute atomic E-state index is 0.0392. The number of nitrogens with one attached hydrogen (secondary N) is 1. The number of aliphatic hydroxyl groups excluding tert-OH is 1. The van der Waals surface area contributed by atoms with E-state index in [-0.39, 0.29) is 11.7 Å². The molecule has 104 valence electrons. The predicted molar refractivity (Wildman–Crippen MR) is 71.1 cm³/mol. The van der Waals surface area contributed by atoms with Crippen molar-refractivity contribution in [2.45, 2.75) is 5.03 Å². The van der Waals surface area contributed by atoms with Crippen LogP contribution in [0.1, 0.15) is 4.88 Å². The number of nitrogens with zero attached hydrogens (tertiary/aromatic N) is 2. The maximum absolute atomic E-state index is 13.4. The lowest BCUT2D eigenvalue weighted by atomic mass is 10.5. The summed E-state index contributed by atoms with van der Waals surface area (Å²) in [5.74, 6) is 4.04. The molecule has 0 bridgehead atoms. The molecule has 2 heterocycles. The summed E-state index contributed by atoms with van der Waals surface area (Å²) in [7, 11) is -4.14. The van der Waals surface area contributed by atoms with Crippen LogP contribution in [0.15, 0.2) is 29.6 Å². The van der Waals surface area contributed by atoms with Gasteiger partial charge in [-0.1, -0.05) is 23.2 Å². The summed E-state index contributed by atoms with van der Waals surface area (Å²) in [5.41, 5.74) is 0. The zero-order valence-electron chi connectivity index (χ0n) is 9.87. The standard InChI is InChI=1S/C11H8FN3O3S2/c12-9-4-1-5-13-10(9)20(17,18)15-11-14-7-8(19-11)3-2-6-16/h1,4-5,7,16H,6H2,(H,14,15). The van der Waals surface area contributed by atoms with Crippen molar-refractivity contribution in [2.75, 3.05) is 11.3 Å². The molecule has 0 amide bonds. The maximum atomic E-state index is 13.4. The van der Waals surface area contributed by atoms with Gasteiger partial charge in [-0.15, -0.1) is 0 Å². The van der Waals surface area contributed by atoms with E-state index in [1.54, 1.807) is 0 Å². The van der Waals surface area contributed by atoms with Crippen LogP contribution >= 0.6 is 11.3 Å². The van der Waals surface area contributed by atoms with Gasteiger partial charge in [0, 0.05) is 6.20 Å². The van der Waals surface area contributed by atoms with Gasteiger partial charge in [0.15, 0.2) is 10.9 Å². The molecule has 0 saturated carbocycles. The van der Waals surface area contributed by atoms with Gasteiger partial charge in [-0.25, -0.2) is 14.4 Å². The van der Waals surface area contributed by atoms with Gasteiger partial charge in [0.1, 0.15) is 6.61 Å². The number of thiazole rings is 1. The SMILES string of the molecule is O=S(=O)(Nc1ncc(C#CCO)s1)c1ncccc1F. The monoisotopic (exact) mass is 313 g/mol. The van der Waals surface area contributed by atoms with E-state index in [2.05, 4.69) is 26.5 Å². The van der Waals surface area contributed by atoms with E-state index in [0.717, 1.165) is 17.4 Å². The summed E-state index contributed by atoms with van der Waals surface area (Å²) in [4.78, 5) is 7.77. The van der Waals surface area contributed by atoms with Gasteiger partial charge >= 0.3 is 0 Å². The molecule has 0 aliphatic rings. The molecule has 0 fully saturated rings. The molecule has 2 N–H and O–H groups in total. The molecule has 0 spiro atoms. The normalized spacial score (nSPS) is 10.7. The van der Waals surface area contributed by atoms with Crippen LogP contribution in [0.25, 0.3) is 0 Å². The highest BCUT2D eigenvalue weighted by Crippen LogP contribution is 2.21. The van der Waals surface area contributed by atoms with Crippen LogP contribution in [0, 0.1) is 17.7 Å². The topological polar surface area (TPSA) is 92.2 Å². The number of halogens is 1. The third-order valence-electron chi connectivity index (χ3n) is 2.00. The molecule has 0 aliphatic heterocycles. The first-order chi connectivity index (χ1) is 9.53. The average molecular weight is 313 g/mol. The van der Waals surface area contributed by atoms with Gasteiger partial charge in [0.25, 0.3) is 10.0 Å². The van der Waals surface area contributed by atoms with Crippen molar-refractivity contribution < 1.29 is 17.9 Å². The average Bonchev–Trinajstić information content (AvgIpc) is 2.83. The second-order valence-electron chi connectivity index (χ2n) is 3.39. The Kier molecular flexibility index (Phi) is 4.29. The van der Waals surface area contributed by atoms with E-state index >= 15 is 0 Å². The van der Waals surface area contributed by atoms with E-state index < -0.39 is 20.9 Å². The van der Waals surface area contributed by atoms with Crippen LogP contribution in [0.2, 0.25) is 0 Å². The molecule has 0 aliphatic carbocycles. The highest BCUT2D eigenvalue weighted by atomic mass is 32.2. The van der Waals surface area contributed by atoms with Crippen molar-refractivity contribution in [2.24, 2.45) is 0 Å². The molecular weight excluding hydrogens is 305 g/mol. The van der Waals surface area contributed by atoms with Gasteiger partial charge in [0.05, 0.1) is 11.1 Å². The summed E-state index contributed by atoms with van der Waals surface area (Å²) in [6.07, 6.45) is 2.53. The summed E-state index contributed by atoms with van der Waals surface area (Å²) < 4.78 is 39.4. The van der Waals surface area contributed by atoms with Crippen LogP contribution in [-0.4, -0.2) is 30.1 Å². The van der Waals surface area contributed by atoms with Gasteiger partial charge < -0.3 is 5.11 Å². The maximum Gasteiger partial charge on any atom is 0.284 e. The third-order valence-corrected chi connectivity index (χ3v) is 4.23. The minimum atomic E-state index is -4.14. The third kappa shape index (κ3) is 3.30. The number of sulfonamides is 1. The van der Waals surface area contributed by atoms with Crippen molar-refractivity contribution in [1.29, 1.82) is 0 Å². The second kappa shape index (κ2) is 5.96. The van der Waals surface area contributed by atoms with Gasteiger partial charge in [-0.05, 0) is 12.1 Å². The van der Waals surface area contributed by atoms with Crippen LogP contribution in [-0.2, 0) is 10.0 Å². The van der Waals surface area contributed by atoms with Crippen molar-refractivity contribution in [3.63, 3.8) is 0 Å². The Hall–Kier alpha value is -2.02. The molecule has 2 aromatic rings. The Labute approximate surface area is 118 Å². The summed E-state index contributed by atoms with van der Waals surface area (Å²) in [6.45, 7) is -0.307. The van der Waals surface area contributed by atoms with Crippen molar-refractivity contribution in [3.8, 4) is 11.8 Å². The zero-order chi connectivity index (χ0) is 14.6. The lowest BCUT2D eigenvalue weighted by Gasteiger charge is -2.04. The molecule has 0 aromatic carbocycles. The van der Waals surface area contributed by atoms with E-state index in [4.69, 9.17) is 5.11 Å². The molecule has 6 nitrogen and oxygen atoms in total. The smallest absolute Gasteiger partial charge is 0.284 e. The fourth-order valence-electron chi connectivity index (χ4n) is 1.24. The van der Waals surface area contributed by atoms with Crippen LogP contribution < -0.4 is 4.72 Å². The Morgan fingerprint density at radius 1 is 1.45 bits per heavy atom. The first kappa shape index (κ1) is 14.4. The molecule has 2 rings (SSSR count). The first-order valence-corrected chi connectivity index (χ1v) is 7.52. The number of aliphatic hydroxyl groups is 1. The van der Waals surface area contributed by atoms with Crippen molar-refractivity contribution >= 4 is 26.5 Å². The van der Waals surface area contributed by atoms with E-state index in [0.29, 0.717) is 4.88 Å². The quantitative estimate of drug-likeness (QED) is 0.819. The lowest BCUT2D eigenvalue weighted by molar-refractivity contribution is 0.350. The Morgan fingerprint density at radius 2 is 2.25 bits per heavy atom. The van der Waals surface area contributed by atoms with Crippen LogP contribution in [0.3, 0.4) is 0 Å². The number of hydrogen-bond donors (Lipinski definition) is 2. The van der Waals surface area contributed by atoms with Gasteiger partial charge in [0.2, 0.25) is 5.03 Å². The molecular formula is C11H8FN3O3S2. The van der Waals surface area contributed by atoms with Gasteiger partial charge in [-0.2, -0.15) is 8.42 Å². The number of aromatic nitrogens is 2. The largest absolute Gasteiger partial charge is 0.384 e. The number of pyridine rings is 1. The molecule has 0 atom stereocenters. The lowest BCUT2D eigenvalue weighted by Crippen LogP contribution is -2.15. The Balaban J connectivity index is 2.25. The number of hydrogen-bond acceptors (Lipinski definition) is 6. The van der Waals surface area contributed by atoms with Gasteiger partial charge in [-0.3, -0.25) is 4.72 Å². The molecule has 0 unspecified atom stereocenters. The fourth-order valence-corrected chi connectivity index (χ4v) is 3.18. The number of rotatable bonds is 3. The zero-order valence-corrected chi connectivity index (χ0v) is 11.5. The summed E-state index contributed by atoms with van der Waals surface area (Å²) in [6, 6.07) is 2.29. The van der Waals surface area contributed by atoms with Crippen LogP contribution in [0.5, 0.6) is 0 Å². The molecule has 0 saturated heterocycles. The van der Waals surface area contributed by atoms with Crippen molar-refractivity contribution in [3.05, 3.63) is 35.2 Å². The molecule has 0 radical (unpaired) electrons. The highest BCUT2D eigenvalue weighted by molar-refractivity contribution is 7.92. The van der Waals surface area contributed by atoms with Crippen LogP contribution in [0.4, 0.5) is 9.52 Å². The fraction of sp³-hybridized carbons (Fsp3) is 0.0909. The molecule has 20 heavy (non-hydrogen) atoms. The highest BCUT2D eigenvalue weighted by Gasteiger charge is 2.21. The Morgan fingerprint density at radius 3 is 2.95 bits per heavy atom. The van der Waals surface area contributed by atoms with E-state index in [1.165, 1.54) is 18.5 Å². The van der Waals surface area contributed by atoms with Crippen molar-refractivity contribution in [1.82, 2.24) is 9.97 Å². The van der Waals surface area contributed by atoms with E-state index in [9.17, 15) is 12.8 Å². The number of anilines is 1. The predicted octanol–water partition coefficient (Wildman–Crippen LogP) is 0.822. The summed E-state index contributed by atoms with van der Waals surface area (Å²) in [5, 5.41) is 7.89. The summed E-state index contributed by atoms with van der Waals surface area (Å²) >= 11 is 0.964.